The molecule has 0 fully saturated rings. The molecule has 0 aliphatic carbocycles. The predicted molar refractivity (Wildman–Crippen MR) is 31.4 cm³/mol. The van der Waals surface area contributed by atoms with Crippen LogP contribution in [0, 0.1) is 0 Å². The molecule has 5 heteroatoms. The van der Waals surface area contributed by atoms with E-state index in [0.29, 0.717) is 0 Å². The van der Waals surface area contributed by atoms with Gasteiger partial charge in [0.15, 0.2) is 0 Å². The molecule has 0 heterocycles. The van der Waals surface area contributed by atoms with Crippen LogP contribution in [0.25, 0.3) is 0 Å². The fourth-order valence-electron chi connectivity index (χ4n) is 0.156. The van der Waals surface area contributed by atoms with Crippen LogP contribution in [0.3, 0.4) is 0 Å². The van der Waals surface area contributed by atoms with Gasteiger partial charge in [0.1, 0.15) is 0 Å². The van der Waals surface area contributed by atoms with Gasteiger partial charge in [-0.15, -0.1) is 0 Å². The summed E-state index contributed by atoms with van der Waals surface area (Å²) < 4.78 is 0. The summed E-state index contributed by atoms with van der Waals surface area (Å²) in [7, 11) is 0. The van der Waals surface area contributed by atoms with Crippen LogP contribution < -0.4 is 5.73 Å². The standard InChI is InChI=1S/C5H7NO4/c1-2-4(7)9-10-5(8)3-6/h2H,1,3,6H2. The van der Waals surface area contributed by atoms with Crippen LogP contribution in [0.15, 0.2) is 12.7 Å². The zero-order valence-corrected chi connectivity index (χ0v) is 5.20. The van der Waals surface area contributed by atoms with Gasteiger partial charge in [-0.05, 0) is 0 Å². The van der Waals surface area contributed by atoms with Gasteiger partial charge >= 0.3 is 11.9 Å². The Balaban J connectivity index is 3.44. The Morgan fingerprint density at radius 3 is 2.50 bits per heavy atom. The van der Waals surface area contributed by atoms with Crippen molar-refractivity contribution in [1.82, 2.24) is 0 Å². The van der Waals surface area contributed by atoms with E-state index in [1.54, 1.807) is 0 Å². The summed E-state index contributed by atoms with van der Waals surface area (Å²) in [5.74, 6) is -1.64. The van der Waals surface area contributed by atoms with Crippen LogP contribution in [0.1, 0.15) is 0 Å². The first-order valence-electron chi connectivity index (χ1n) is 2.44. The van der Waals surface area contributed by atoms with Crippen molar-refractivity contribution in [2.45, 2.75) is 0 Å². The van der Waals surface area contributed by atoms with E-state index in [1.807, 2.05) is 0 Å². The number of hydrogen-bond donors (Lipinski definition) is 1. The van der Waals surface area contributed by atoms with E-state index in [0.717, 1.165) is 6.08 Å². The van der Waals surface area contributed by atoms with Gasteiger partial charge in [0, 0.05) is 6.08 Å². The molecular formula is C5H7NO4. The largest absolute Gasteiger partial charge is 0.378 e. The van der Waals surface area contributed by atoms with Gasteiger partial charge < -0.3 is 5.73 Å². The molecule has 0 aromatic heterocycles. The van der Waals surface area contributed by atoms with Crippen LogP contribution in [0.2, 0.25) is 0 Å². The summed E-state index contributed by atoms with van der Waals surface area (Å²) in [6.45, 7) is 2.74. The van der Waals surface area contributed by atoms with Gasteiger partial charge in [0.25, 0.3) is 0 Å². The molecule has 0 aromatic rings. The maximum Gasteiger partial charge on any atom is 0.378 e. The molecule has 0 spiro atoms. The second kappa shape index (κ2) is 4.51. The second-order valence-electron chi connectivity index (χ2n) is 1.27. The van der Waals surface area contributed by atoms with E-state index in [1.165, 1.54) is 0 Å². The van der Waals surface area contributed by atoms with Crippen LogP contribution in [-0.2, 0) is 19.4 Å². The quantitative estimate of drug-likeness (QED) is 0.310. The average Bonchev–Trinajstić information content (AvgIpc) is 1.99. The highest BCUT2D eigenvalue weighted by Crippen LogP contribution is 1.81. The minimum absolute atomic E-state index is 0.329. The zero-order chi connectivity index (χ0) is 7.98. The molecule has 0 aromatic carbocycles. The van der Waals surface area contributed by atoms with E-state index in [2.05, 4.69) is 16.4 Å². The molecule has 0 unspecified atom stereocenters. The topological polar surface area (TPSA) is 78.6 Å². The maximum atomic E-state index is 10.2. The first-order chi connectivity index (χ1) is 4.70. The Bertz CT molecular complexity index is 154. The number of hydrogen-bond acceptors (Lipinski definition) is 5. The number of carbonyl (C=O) groups excluding carboxylic acids is 2. The van der Waals surface area contributed by atoms with Crippen molar-refractivity contribution in [2.75, 3.05) is 6.54 Å². The lowest BCUT2D eigenvalue weighted by atomic mass is 10.7. The van der Waals surface area contributed by atoms with Crippen LogP contribution in [0.5, 0.6) is 0 Å². The van der Waals surface area contributed by atoms with Crippen LogP contribution >= 0.6 is 0 Å². The second-order valence-corrected chi connectivity index (χ2v) is 1.27. The van der Waals surface area contributed by atoms with Crippen molar-refractivity contribution in [3.8, 4) is 0 Å². The zero-order valence-electron chi connectivity index (χ0n) is 5.20. The molecule has 0 saturated carbocycles. The molecule has 0 rings (SSSR count). The predicted octanol–water partition coefficient (Wildman–Crippen LogP) is -0.868. The molecule has 5 nitrogen and oxygen atoms in total. The van der Waals surface area contributed by atoms with Gasteiger partial charge in [0.05, 0.1) is 6.54 Å². The summed E-state index contributed by atoms with van der Waals surface area (Å²) >= 11 is 0. The van der Waals surface area contributed by atoms with E-state index in [-0.39, 0.29) is 6.54 Å². The first-order valence-corrected chi connectivity index (χ1v) is 2.44. The summed E-state index contributed by atoms with van der Waals surface area (Å²) in [6.07, 6.45) is 0.865. The van der Waals surface area contributed by atoms with Gasteiger partial charge in [-0.2, -0.15) is 0 Å². The van der Waals surface area contributed by atoms with Gasteiger partial charge in [-0.1, -0.05) is 6.58 Å². The van der Waals surface area contributed by atoms with Crippen molar-refractivity contribution in [1.29, 1.82) is 0 Å². The summed E-state index contributed by atoms with van der Waals surface area (Å²) in [5, 5.41) is 0. The van der Waals surface area contributed by atoms with Crippen molar-refractivity contribution < 1.29 is 19.4 Å². The van der Waals surface area contributed by atoms with Crippen LogP contribution in [0.4, 0.5) is 0 Å². The third-order valence-electron chi connectivity index (χ3n) is 0.550. The van der Waals surface area contributed by atoms with Gasteiger partial charge in [0.2, 0.25) is 0 Å². The third kappa shape index (κ3) is 3.62. The fraction of sp³-hybridized carbons (Fsp3) is 0.200. The maximum absolute atomic E-state index is 10.2. The molecule has 2 N–H and O–H groups in total. The van der Waals surface area contributed by atoms with Crippen molar-refractivity contribution in [3.63, 3.8) is 0 Å². The molecule has 0 amide bonds. The molecule has 56 valence electrons. The van der Waals surface area contributed by atoms with Crippen LogP contribution in [-0.4, -0.2) is 18.5 Å². The average molecular weight is 145 g/mol. The van der Waals surface area contributed by atoms with E-state index in [4.69, 9.17) is 5.73 Å². The summed E-state index contributed by atoms with van der Waals surface area (Å²) in [5.41, 5.74) is 4.81. The SMILES string of the molecule is C=CC(=O)OOC(=O)CN. The Hall–Kier alpha value is -1.36. The molecule has 0 aliphatic heterocycles. The molecule has 0 radical (unpaired) electrons. The highest BCUT2D eigenvalue weighted by atomic mass is 17.2. The first kappa shape index (κ1) is 8.64. The molecule has 10 heavy (non-hydrogen) atoms. The lowest BCUT2D eigenvalue weighted by molar-refractivity contribution is -0.253. The van der Waals surface area contributed by atoms with E-state index < -0.39 is 11.9 Å². The minimum atomic E-state index is -0.832. The highest BCUT2D eigenvalue weighted by molar-refractivity contribution is 5.81. The lowest BCUT2D eigenvalue weighted by Crippen LogP contribution is -2.18. The fourth-order valence-corrected chi connectivity index (χ4v) is 0.156. The Morgan fingerprint density at radius 2 is 2.10 bits per heavy atom. The number of nitrogens with two attached hydrogens (primary N) is 1. The monoisotopic (exact) mass is 145 g/mol. The summed E-state index contributed by atoms with van der Waals surface area (Å²) in [6, 6.07) is 0. The molecular weight excluding hydrogens is 138 g/mol. The third-order valence-corrected chi connectivity index (χ3v) is 0.550. The normalized spacial score (nSPS) is 8.10. The summed E-state index contributed by atoms with van der Waals surface area (Å²) in [4.78, 5) is 28.1. The van der Waals surface area contributed by atoms with Crippen molar-refractivity contribution in [2.24, 2.45) is 5.73 Å². The van der Waals surface area contributed by atoms with Gasteiger partial charge in [-0.25, -0.2) is 19.4 Å². The smallest absolute Gasteiger partial charge is 0.321 e. The molecule has 0 bridgehead atoms. The lowest BCUT2D eigenvalue weighted by Gasteiger charge is -1.96. The number of carbonyl (C=O) groups is 2. The van der Waals surface area contributed by atoms with E-state index in [9.17, 15) is 9.59 Å². The van der Waals surface area contributed by atoms with Crippen molar-refractivity contribution >= 4 is 11.9 Å². The Labute approximate surface area is 57.3 Å². The molecule has 0 saturated heterocycles. The Kier molecular flexibility index (Phi) is 3.90. The van der Waals surface area contributed by atoms with Crippen molar-refractivity contribution in [3.05, 3.63) is 12.7 Å². The highest BCUT2D eigenvalue weighted by Gasteiger charge is 2.02. The van der Waals surface area contributed by atoms with Gasteiger partial charge in [-0.3, -0.25) is 0 Å². The Morgan fingerprint density at radius 1 is 1.50 bits per heavy atom. The minimum Gasteiger partial charge on any atom is -0.321 e. The van der Waals surface area contributed by atoms with E-state index >= 15 is 0 Å². The molecule has 0 atom stereocenters. The number of rotatable bonds is 2. The molecule has 0 aliphatic rings.